The van der Waals surface area contributed by atoms with Crippen LogP contribution in [0.3, 0.4) is 0 Å². The van der Waals surface area contributed by atoms with Crippen LogP contribution in [0.25, 0.3) is 0 Å². The summed E-state index contributed by atoms with van der Waals surface area (Å²) in [4.78, 5) is 31.2. The zero-order valence-electron chi connectivity index (χ0n) is 16.3. The van der Waals surface area contributed by atoms with Crippen molar-refractivity contribution in [2.45, 2.75) is 13.5 Å². The minimum Gasteiger partial charge on any atom is -0.353 e. The maximum atomic E-state index is 11.9. The summed E-state index contributed by atoms with van der Waals surface area (Å²) in [5.41, 5.74) is 2.57. The lowest BCUT2D eigenvalue weighted by Crippen LogP contribution is -2.43. The molecule has 7 nitrogen and oxygen atoms in total. The van der Waals surface area contributed by atoms with Crippen molar-refractivity contribution in [3.8, 4) is 0 Å². The fraction of sp³-hybridized carbons (Fsp3) is 0.421. The summed E-state index contributed by atoms with van der Waals surface area (Å²) in [6, 6.07) is 7.33. The van der Waals surface area contributed by atoms with Gasteiger partial charge in [-0.25, -0.2) is 4.99 Å². The number of guanidine groups is 1. The topological polar surface area (TPSA) is 77.0 Å². The fourth-order valence-corrected chi connectivity index (χ4v) is 1.91. The molecule has 0 spiro atoms. The van der Waals surface area contributed by atoms with Crippen LogP contribution < -0.4 is 10.6 Å². The molecule has 0 aliphatic rings. The molecule has 142 valence electrons. The van der Waals surface area contributed by atoms with Gasteiger partial charge in [-0.15, -0.1) is 0 Å². The summed E-state index contributed by atoms with van der Waals surface area (Å²) < 4.78 is 0. The Bertz CT molecular complexity index is 663. The molecule has 2 N–H and O–H groups in total. The van der Waals surface area contributed by atoms with E-state index < -0.39 is 0 Å². The lowest BCUT2D eigenvalue weighted by molar-refractivity contribution is -0.127. The van der Waals surface area contributed by atoms with Crippen LogP contribution in [0.2, 0.25) is 0 Å². The third-order valence-corrected chi connectivity index (χ3v) is 3.49. The number of aliphatic imine (C=N–C) groups is 1. The number of amides is 2. The Morgan fingerprint density at radius 1 is 1.00 bits per heavy atom. The molecule has 0 atom stereocenters. The maximum Gasteiger partial charge on any atom is 0.253 e. The number of carbonyl (C=O) groups is 2. The van der Waals surface area contributed by atoms with E-state index in [1.807, 2.05) is 19.1 Å². The van der Waals surface area contributed by atoms with Gasteiger partial charge in [0, 0.05) is 40.3 Å². The number of carbonyl (C=O) groups excluding carboxylic acids is 2. The van der Waals surface area contributed by atoms with E-state index in [0.717, 1.165) is 11.1 Å². The summed E-state index contributed by atoms with van der Waals surface area (Å²) in [5, 5.41) is 6.15. The predicted octanol–water partition coefficient (Wildman–Crippen LogP) is 1.09. The molecule has 0 radical (unpaired) electrons. The van der Waals surface area contributed by atoms with Gasteiger partial charge in [0.2, 0.25) is 5.91 Å². The molecular formula is C19H29N5O2. The molecule has 0 fully saturated rings. The zero-order chi connectivity index (χ0) is 19.7. The van der Waals surface area contributed by atoms with Gasteiger partial charge in [-0.2, -0.15) is 0 Å². The summed E-state index contributed by atoms with van der Waals surface area (Å²) in [6.45, 7) is 6.92. The molecule has 0 bridgehead atoms. The van der Waals surface area contributed by atoms with Gasteiger partial charge in [-0.05, 0) is 24.6 Å². The normalized spacial score (nSPS) is 10.9. The van der Waals surface area contributed by atoms with Crippen molar-refractivity contribution in [2.24, 2.45) is 4.99 Å². The van der Waals surface area contributed by atoms with Crippen LogP contribution in [0.4, 0.5) is 0 Å². The Balaban J connectivity index is 2.76. The first-order valence-electron chi connectivity index (χ1n) is 8.38. The molecule has 1 rings (SSSR count). The average Bonchev–Trinajstić information content (AvgIpc) is 2.60. The maximum absolute atomic E-state index is 11.9. The number of likely N-dealkylation sites (N-methyl/N-ethyl adjacent to an activating group) is 1. The highest BCUT2D eigenvalue weighted by molar-refractivity contribution is 5.93. The van der Waals surface area contributed by atoms with Crippen molar-refractivity contribution < 1.29 is 9.59 Å². The minimum atomic E-state index is -0.0404. The van der Waals surface area contributed by atoms with Gasteiger partial charge in [0.15, 0.2) is 5.96 Å². The summed E-state index contributed by atoms with van der Waals surface area (Å²) in [5.74, 6) is 0.464. The Kier molecular flexibility index (Phi) is 8.34. The molecule has 1 aromatic carbocycles. The van der Waals surface area contributed by atoms with Gasteiger partial charge in [0.05, 0.1) is 13.1 Å². The smallest absolute Gasteiger partial charge is 0.253 e. The zero-order valence-corrected chi connectivity index (χ0v) is 16.3. The van der Waals surface area contributed by atoms with Gasteiger partial charge >= 0.3 is 0 Å². The molecule has 0 aromatic heterocycles. The Hall–Kier alpha value is -2.83. The second kappa shape index (κ2) is 10.2. The first-order chi connectivity index (χ1) is 12.2. The van der Waals surface area contributed by atoms with Gasteiger partial charge in [0.1, 0.15) is 0 Å². The highest BCUT2D eigenvalue weighted by Crippen LogP contribution is 2.07. The molecule has 7 heteroatoms. The molecule has 26 heavy (non-hydrogen) atoms. The number of hydrogen-bond acceptors (Lipinski definition) is 3. The third-order valence-electron chi connectivity index (χ3n) is 3.49. The Morgan fingerprint density at radius 2 is 1.58 bits per heavy atom. The second-order valence-corrected chi connectivity index (χ2v) is 6.51. The van der Waals surface area contributed by atoms with E-state index in [2.05, 4.69) is 22.2 Å². The van der Waals surface area contributed by atoms with E-state index in [9.17, 15) is 9.59 Å². The van der Waals surface area contributed by atoms with Gasteiger partial charge in [-0.3, -0.25) is 9.59 Å². The van der Waals surface area contributed by atoms with Crippen LogP contribution in [0.15, 0.2) is 41.4 Å². The Morgan fingerprint density at radius 3 is 2.08 bits per heavy atom. The number of hydrogen-bond donors (Lipinski definition) is 2. The van der Waals surface area contributed by atoms with Gasteiger partial charge in [0.25, 0.3) is 5.91 Å². The number of nitrogens with zero attached hydrogens (tertiary/aromatic N) is 3. The van der Waals surface area contributed by atoms with Crippen molar-refractivity contribution in [2.75, 3.05) is 41.3 Å². The fourth-order valence-electron chi connectivity index (χ4n) is 1.91. The second-order valence-electron chi connectivity index (χ2n) is 6.51. The summed E-state index contributed by atoms with van der Waals surface area (Å²) in [6.07, 6.45) is 0. The van der Waals surface area contributed by atoms with E-state index in [4.69, 9.17) is 0 Å². The van der Waals surface area contributed by atoms with Crippen molar-refractivity contribution in [3.63, 3.8) is 0 Å². The third kappa shape index (κ3) is 7.38. The van der Waals surface area contributed by atoms with Gasteiger partial charge in [-0.1, -0.05) is 24.3 Å². The molecular weight excluding hydrogens is 330 g/mol. The van der Waals surface area contributed by atoms with E-state index in [-0.39, 0.29) is 18.4 Å². The van der Waals surface area contributed by atoms with E-state index >= 15 is 0 Å². The van der Waals surface area contributed by atoms with E-state index in [1.165, 1.54) is 4.90 Å². The summed E-state index contributed by atoms with van der Waals surface area (Å²) in [7, 11) is 6.86. The number of rotatable bonds is 7. The Labute approximate surface area is 155 Å². The summed E-state index contributed by atoms with van der Waals surface area (Å²) >= 11 is 0. The van der Waals surface area contributed by atoms with Crippen molar-refractivity contribution >= 4 is 17.8 Å². The molecule has 0 saturated heterocycles. The van der Waals surface area contributed by atoms with Crippen LogP contribution in [0.5, 0.6) is 0 Å². The largest absolute Gasteiger partial charge is 0.353 e. The van der Waals surface area contributed by atoms with Crippen LogP contribution in [-0.4, -0.2) is 68.9 Å². The minimum absolute atomic E-state index is 0.0345. The first-order valence-corrected chi connectivity index (χ1v) is 8.38. The van der Waals surface area contributed by atoms with Crippen molar-refractivity contribution in [1.82, 2.24) is 20.4 Å². The van der Waals surface area contributed by atoms with Crippen molar-refractivity contribution in [3.05, 3.63) is 47.5 Å². The van der Waals surface area contributed by atoms with E-state index in [0.29, 0.717) is 24.6 Å². The first kappa shape index (κ1) is 21.2. The molecule has 0 saturated carbocycles. The molecule has 2 amide bonds. The molecule has 0 aliphatic heterocycles. The highest BCUT2D eigenvalue weighted by atomic mass is 16.2. The van der Waals surface area contributed by atoms with Gasteiger partial charge < -0.3 is 20.4 Å². The lowest BCUT2D eigenvalue weighted by atomic mass is 10.1. The molecule has 1 aromatic rings. The highest BCUT2D eigenvalue weighted by Gasteiger charge is 2.08. The number of nitrogens with one attached hydrogen (secondary N) is 2. The molecule has 0 aliphatic carbocycles. The van der Waals surface area contributed by atoms with Crippen LogP contribution in [0.1, 0.15) is 22.8 Å². The SMILES string of the molecule is C=C(C)CNC(=NCc1ccc(C(=O)N(C)C)cc1)NCC(=O)N(C)C. The molecule has 0 heterocycles. The van der Waals surface area contributed by atoms with Crippen molar-refractivity contribution in [1.29, 1.82) is 0 Å². The molecule has 0 unspecified atom stereocenters. The predicted molar refractivity (Wildman–Crippen MR) is 105 cm³/mol. The standard InChI is InChI=1S/C19H29N5O2/c1-14(2)11-20-19(22-13-17(25)23(3)4)21-12-15-7-9-16(10-8-15)18(26)24(5)6/h7-10H,1,11-13H2,2-6H3,(H2,20,21,22). The average molecular weight is 359 g/mol. The van der Waals surface area contributed by atoms with Crippen LogP contribution in [-0.2, 0) is 11.3 Å². The monoisotopic (exact) mass is 359 g/mol. The lowest BCUT2D eigenvalue weighted by Gasteiger charge is -2.15. The van der Waals surface area contributed by atoms with Crippen LogP contribution in [0, 0.1) is 0 Å². The quantitative estimate of drug-likeness (QED) is 0.434. The van der Waals surface area contributed by atoms with E-state index in [1.54, 1.807) is 45.2 Å². The number of benzene rings is 1. The van der Waals surface area contributed by atoms with Crippen LogP contribution >= 0.6 is 0 Å².